The minimum atomic E-state index is 0.718. The van der Waals surface area contributed by atoms with Crippen LogP contribution in [0.4, 0.5) is 0 Å². The van der Waals surface area contributed by atoms with E-state index < -0.39 is 0 Å². The van der Waals surface area contributed by atoms with Crippen molar-refractivity contribution in [1.29, 1.82) is 0 Å². The highest BCUT2D eigenvalue weighted by Crippen LogP contribution is 2.07. The number of hydrazine groups is 1. The molecule has 0 saturated carbocycles. The minimum Gasteiger partial charge on any atom is -0.314 e. The molecule has 0 aromatic carbocycles. The molecule has 0 spiro atoms. The lowest BCUT2D eigenvalue weighted by Gasteiger charge is -2.29. The van der Waals surface area contributed by atoms with Crippen LogP contribution in [0.2, 0.25) is 0 Å². The van der Waals surface area contributed by atoms with Gasteiger partial charge in [-0.3, -0.25) is 5.84 Å². The quantitative estimate of drug-likeness (QED) is 0.299. The van der Waals surface area contributed by atoms with E-state index in [0.717, 1.165) is 32.2 Å². The Morgan fingerprint density at radius 1 is 1.25 bits per heavy atom. The maximum atomic E-state index is 5.51. The van der Waals surface area contributed by atoms with Crippen molar-refractivity contribution in [3.05, 3.63) is 0 Å². The number of nitrogens with zero attached hydrogens (tertiary/aromatic N) is 2. The molecule has 0 atom stereocenters. The summed E-state index contributed by atoms with van der Waals surface area (Å²) in [6.07, 6.45) is 2.56. The molecule has 5 heteroatoms. The summed E-state index contributed by atoms with van der Waals surface area (Å²) in [6, 6.07) is 0.718. The third-order valence-corrected chi connectivity index (χ3v) is 3.09. The van der Waals surface area contributed by atoms with Crippen LogP contribution in [-0.2, 0) is 0 Å². The lowest BCUT2D eigenvalue weighted by Crippen LogP contribution is -2.43. The molecule has 4 N–H and O–H groups in total. The molecule has 1 heterocycles. The first-order valence-corrected chi connectivity index (χ1v) is 6.27. The summed E-state index contributed by atoms with van der Waals surface area (Å²) < 4.78 is 0. The molecule has 0 unspecified atom stereocenters. The molecule has 1 aliphatic rings. The van der Waals surface area contributed by atoms with Crippen molar-refractivity contribution in [1.82, 2.24) is 20.5 Å². The number of likely N-dealkylation sites (tertiary alicyclic amines) is 1. The minimum absolute atomic E-state index is 0.718. The molecule has 16 heavy (non-hydrogen) atoms. The summed E-state index contributed by atoms with van der Waals surface area (Å²) >= 11 is 0. The molecule has 96 valence electrons. The zero-order valence-corrected chi connectivity index (χ0v) is 10.7. The molecule has 1 saturated heterocycles. The predicted molar refractivity (Wildman–Crippen MR) is 68.2 cm³/mol. The first-order chi connectivity index (χ1) is 7.68. The van der Waals surface area contributed by atoms with Crippen molar-refractivity contribution < 1.29 is 0 Å². The van der Waals surface area contributed by atoms with Crippen molar-refractivity contribution in [2.45, 2.75) is 18.9 Å². The molecule has 0 amide bonds. The molecule has 0 aliphatic carbocycles. The molecular formula is C11H27N5. The largest absolute Gasteiger partial charge is 0.314 e. The van der Waals surface area contributed by atoms with Crippen LogP contribution in [0.5, 0.6) is 0 Å². The van der Waals surface area contributed by atoms with Gasteiger partial charge in [0.1, 0.15) is 0 Å². The van der Waals surface area contributed by atoms with Crippen LogP contribution in [-0.4, -0.2) is 69.3 Å². The van der Waals surface area contributed by atoms with E-state index in [1.165, 1.54) is 25.9 Å². The molecule has 5 nitrogen and oxygen atoms in total. The highest BCUT2D eigenvalue weighted by molar-refractivity contribution is 4.75. The van der Waals surface area contributed by atoms with Crippen LogP contribution >= 0.6 is 0 Å². The highest BCUT2D eigenvalue weighted by atomic mass is 15.4. The normalized spacial score (nSPS) is 19.5. The topological polar surface area (TPSA) is 56.6 Å². The van der Waals surface area contributed by atoms with Crippen molar-refractivity contribution in [3.8, 4) is 0 Å². The lowest BCUT2D eigenvalue weighted by molar-refractivity contribution is 0.235. The van der Waals surface area contributed by atoms with E-state index in [9.17, 15) is 0 Å². The summed E-state index contributed by atoms with van der Waals surface area (Å²) in [5, 5.41) is 8.67. The molecule has 0 aromatic heterocycles. The SMILES string of the molecule is CN(N)CCNCCNC1CCN(C)CC1. The number of rotatable bonds is 7. The molecule has 1 aliphatic heterocycles. The van der Waals surface area contributed by atoms with Gasteiger partial charge in [0, 0.05) is 39.3 Å². The van der Waals surface area contributed by atoms with Gasteiger partial charge in [-0.25, -0.2) is 5.01 Å². The van der Waals surface area contributed by atoms with Gasteiger partial charge in [0.05, 0.1) is 0 Å². The maximum Gasteiger partial charge on any atom is 0.0250 e. The molecule has 0 bridgehead atoms. The van der Waals surface area contributed by atoms with E-state index in [1.807, 2.05) is 7.05 Å². The smallest absolute Gasteiger partial charge is 0.0250 e. The Bertz CT molecular complexity index is 166. The van der Waals surface area contributed by atoms with Gasteiger partial charge in [-0.05, 0) is 33.0 Å². The number of likely N-dealkylation sites (N-methyl/N-ethyl adjacent to an activating group) is 1. The number of hydrogen-bond acceptors (Lipinski definition) is 5. The number of nitrogens with one attached hydrogen (secondary N) is 2. The van der Waals surface area contributed by atoms with Gasteiger partial charge < -0.3 is 15.5 Å². The average molecular weight is 229 g/mol. The highest BCUT2D eigenvalue weighted by Gasteiger charge is 2.14. The van der Waals surface area contributed by atoms with Gasteiger partial charge in [-0.1, -0.05) is 0 Å². The lowest BCUT2D eigenvalue weighted by atomic mass is 10.1. The Morgan fingerprint density at radius 2 is 1.94 bits per heavy atom. The Morgan fingerprint density at radius 3 is 2.56 bits per heavy atom. The fourth-order valence-electron chi connectivity index (χ4n) is 1.96. The second-order valence-electron chi connectivity index (χ2n) is 4.76. The van der Waals surface area contributed by atoms with Crippen LogP contribution in [0.15, 0.2) is 0 Å². The predicted octanol–water partition coefficient (Wildman–Crippen LogP) is -0.935. The van der Waals surface area contributed by atoms with Crippen LogP contribution in [0.25, 0.3) is 0 Å². The van der Waals surface area contributed by atoms with Gasteiger partial charge >= 0.3 is 0 Å². The standard InChI is InChI=1S/C11H27N5/c1-15-8-3-11(4-9-15)14-6-5-13-7-10-16(2)12/h11,13-14H,3-10,12H2,1-2H3. The van der Waals surface area contributed by atoms with Crippen LogP contribution in [0, 0.1) is 0 Å². The fourth-order valence-corrected chi connectivity index (χ4v) is 1.96. The first kappa shape index (κ1) is 13.9. The molecule has 1 fully saturated rings. The van der Waals surface area contributed by atoms with Gasteiger partial charge in [0.2, 0.25) is 0 Å². The van der Waals surface area contributed by atoms with E-state index in [1.54, 1.807) is 5.01 Å². The number of nitrogens with two attached hydrogens (primary N) is 1. The second-order valence-corrected chi connectivity index (χ2v) is 4.76. The number of hydrogen-bond donors (Lipinski definition) is 3. The van der Waals surface area contributed by atoms with Crippen LogP contribution in [0.1, 0.15) is 12.8 Å². The van der Waals surface area contributed by atoms with Crippen molar-refractivity contribution in [3.63, 3.8) is 0 Å². The average Bonchev–Trinajstić information content (AvgIpc) is 2.25. The van der Waals surface area contributed by atoms with Crippen LogP contribution < -0.4 is 16.5 Å². The summed E-state index contributed by atoms with van der Waals surface area (Å²) in [5.74, 6) is 5.51. The van der Waals surface area contributed by atoms with E-state index in [4.69, 9.17) is 5.84 Å². The van der Waals surface area contributed by atoms with E-state index in [0.29, 0.717) is 0 Å². The summed E-state index contributed by atoms with van der Waals surface area (Å²) in [5.41, 5.74) is 0. The molecule has 1 rings (SSSR count). The van der Waals surface area contributed by atoms with Crippen LogP contribution in [0.3, 0.4) is 0 Å². The zero-order valence-electron chi connectivity index (χ0n) is 10.7. The second kappa shape index (κ2) is 7.97. The van der Waals surface area contributed by atoms with Crippen molar-refractivity contribution in [2.75, 3.05) is 53.4 Å². The van der Waals surface area contributed by atoms with Crippen molar-refractivity contribution in [2.24, 2.45) is 5.84 Å². The molecule has 0 aromatic rings. The third-order valence-electron chi connectivity index (χ3n) is 3.09. The van der Waals surface area contributed by atoms with Gasteiger partial charge in [-0.2, -0.15) is 0 Å². The number of piperidine rings is 1. The van der Waals surface area contributed by atoms with E-state index >= 15 is 0 Å². The summed E-state index contributed by atoms with van der Waals surface area (Å²) in [4.78, 5) is 2.40. The Labute approximate surface area is 99.3 Å². The zero-order chi connectivity index (χ0) is 11.8. The fraction of sp³-hybridized carbons (Fsp3) is 1.00. The molecule has 0 radical (unpaired) electrons. The monoisotopic (exact) mass is 229 g/mol. The first-order valence-electron chi connectivity index (χ1n) is 6.27. The Kier molecular flexibility index (Phi) is 6.91. The Balaban J connectivity index is 1.87. The Hall–Kier alpha value is -0.200. The summed E-state index contributed by atoms with van der Waals surface area (Å²) in [7, 11) is 4.08. The maximum absolute atomic E-state index is 5.51. The van der Waals surface area contributed by atoms with Gasteiger partial charge in [-0.15, -0.1) is 0 Å². The van der Waals surface area contributed by atoms with E-state index in [-0.39, 0.29) is 0 Å². The third kappa shape index (κ3) is 6.40. The molecular weight excluding hydrogens is 202 g/mol. The van der Waals surface area contributed by atoms with E-state index in [2.05, 4.69) is 22.6 Å². The van der Waals surface area contributed by atoms with Crippen molar-refractivity contribution >= 4 is 0 Å². The van der Waals surface area contributed by atoms with Gasteiger partial charge in [0.15, 0.2) is 0 Å². The van der Waals surface area contributed by atoms with Gasteiger partial charge in [0.25, 0.3) is 0 Å². The summed E-state index contributed by atoms with van der Waals surface area (Å²) in [6.45, 7) is 6.39.